The first-order chi connectivity index (χ1) is 10.2. The lowest BCUT2D eigenvalue weighted by Crippen LogP contribution is -2.49. The summed E-state index contributed by atoms with van der Waals surface area (Å²) in [6.07, 6.45) is 0.728. The maximum Gasteiger partial charge on any atom is 0.244 e. The Bertz CT molecular complexity index is 597. The number of benzene rings is 1. The van der Waals surface area contributed by atoms with E-state index in [1.54, 1.807) is 7.11 Å². The van der Waals surface area contributed by atoms with Gasteiger partial charge in [0.1, 0.15) is 11.6 Å². The number of anilines is 1. The number of H-pyrrole nitrogens is 1. The number of methoxy groups -OCH3 is 1. The predicted octanol–water partition coefficient (Wildman–Crippen LogP) is 1.20. The van der Waals surface area contributed by atoms with Gasteiger partial charge < -0.3 is 15.0 Å². The van der Waals surface area contributed by atoms with Crippen molar-refractivity contribution in [3.8, 4) is 5.75 Å². The zero-order valence-corrected chi connectivity index (χ0v) is 12.5. The first-order valence-electron chi connectivity index (χ1n) is 7.27. The first kappa shape index (κ1) is 13.9. The Labute approximate surface area is 124 Å². The molecule has 6 heteroatoms. The first-order valence-corrected chi connectivity index (χ1v) is 7.27. The molecule has 2 aromatic rings. The Morgan fingerprint density at radius 1 is 1.43 bits per heavy atom. The Morgan fingerprint density at radius 2 is 2.33 bits per heavy atom. The fourth-order valence-corrected chi connectivity index (χ4v) is 2.60. The SMILES string of the molecule is COc1cccc(Cc2nc(N3CCNC(C)C3)n[nH]2)c1. The molecule has 2 N–H and O–H groups in total. The molecule has 1 aromatic heterocycles. The van der Waals surface area contributed by atoms with E-state index < -0.39 is 0 Å². The van der Waals surface area contributed by atoms with Gasteiger partial charge in [-0.2, -0.15) is 4.98 Å². The van der Waals surface area contributed by atoms with Gasteiger partial charge in [0.25, 0.3) is 0 Å². The van der Waals surface area contributed by atoms with Gasteiger partial charge in [-0.25, -0.2) is 0 Å². The number of hydrogen-bond acceptors (Lipinski definition) is 5. The van der Waals surface area contributed by atoms with Gasteiger partial charge in [0.2, 0.25) is 5.95 Å². The number of aromatic nitrogens is 3. The Balaban J connectivity index is 1.69. The van der Waals surface area contributed by atoms with E-state index in [0.29, 0.717) is 6.04 Å². The molecule has 6 nitrogen and oxygen atoms in total. The molecule has 0 saturated carbocycles. The topological polar surface area (TPSA) is 66.1 Å². The summed E-state index contributed by atoms with van der Waals surface area (Å²) in [5, 5.41) is 10.8. The molecule has 0 aliphatic carbocycles. The van der Waals surface area contributed by atoms with Crippen LogP contribution in [0.1, 0.15) is 18.3 Å². The summed E-state index contributed by atoms with van der Waals surface area (Å²) in [6, 6.07) is 8.49. The highest BCUT2D eigenvalue weighted by Crippen LogP contribution is 2.16. The Hall–Kier alpha value is -2.08. The second-order valence-electron chi connectivity index (χ2n) is 5.41. The minimum Gasteiger partial charge on any atom is -0.497 e. The molecule has 0 spiro atoms. The van der Waals surface area contributed by atoms with Crippen molar-refractivity contribution >= 4 is 5.95 Å². The molecule has 2 heterocycles. The zero-order chi connectivity index (χ0) is 14.7. The van der Waals surface area contributed by atoms with Gasteiger partial charge in [0.05, 0.1) is 7.11 Å². The van der Waals surface area contributed by atoms with Crippen molar-refractivity contribution in [3.05, 3.63) is 35.7 Å². The lowest BCUT2D eigenvalue weighted by atomic mass is 10.1. The van der Waals surface area contributed by atoms with Crippen LogP contribution < -0.4 is 15.0 Å². The highest BCUT2D eigenvalue weighted by Gasteiger charge is 2.19. The van der Waals surface area contributed by atoms with Gasteiger partial charge in [0.15, 0.2) is 0 Å². The smallest absolute Gasteiger partial charge is 0.244 e. The van der Waals surface area contributed by atoms with Crippen molar-refractivity contribution in [1.82, 2.24) is 20.5 Å². The van der Waals surface area contributed by atoms with Gasteiger partial charge in [-0.3, -0.25) is 5.10 Å². The molecule has 112 valence electrons. The molecule has 1 aromatic carbocycles. The summed E-state index contributed by atoms with van der Waals surface area (Å²) in [6.45, 7) is 5.04. The van der Waals surface area contributed by atoms with Crippen LogP contribution in [0.2, 0.25) is 0 Å². The van der Waals surface area contributed by atoms with Crippen LogP contribution in [0.3, 0.4) is 0 Å². The van der Waals surface area contributed by atoms with Crippen molar-refractivity contribution in [2.45, 2.75) is 19.4 Å². The predicted molar refractivity (Wildman–Crippen MR) is 81.9 cm³/mol. The summed E-state index contributed by atoms with van der Waals surface area (Å²) in [4.78, 5) is 6.82. The molecule has 1 saturated heterocycles. The van der Waals surface area contributed by atoms with Gasteiger partial charge in [-0.15, -0.1) is 5.10 Å². The van der Waals surface area contributed by atoms with E-state index in [2.05, 4.69) is 38.4 Å². The lowest BCUT2D eigenvalue weighted by Gasteiger charge is -2.30. The quantitative estimate of drug-likeness (QED) is 0.884. The maximum atomic E-state index is 5.24. The van der Waals surface area contributed by atoms with E-state index in [1.807, 2.05) is 18.2 Å². The molecule has 21 heavy (non-hydrogen) atoms. The average molecular weight is 287 g/mol. The highest BCUT2D eigenvalue weighted by molar-refractivity contribution is 5.33. The van der Waals surface area contributed by atoms with Crippen molar-refractivity contribution < 1.29 is 4.74 Å². The molecule has 0 radical (unpaired) electrons. The van der Waals surface area contributed by atoms with Crippen LogP contribution >= 0.6 is 0 Å². The zero-order valence-electron chi connectivity index (χ0n) is 12.5. The fourth-order valence-electron chi connectivity index (χ4n) is 2.60. The van der Waals surface area contributed by atoms with Gasteiger partial charge in [-0.1, -0.05) is 12.1 Å². The van der Waals surface area contributed by atoms with Crippen molar-refractivity contribution in [1.29, 1.82) is 0 Å². The minimum atomic E-state index is 0.471. The molecular weight excluding hydrogens is 266 g/mol. The number of hydrogen-bond donors (Lipinski definition) is 2. The lowest BCUT2D eigenvalue weighted by molar-refractivity contribution is 0.414. The van der Waals surface area contributed by atoms with Gasteiger partial charge >= 0.3 is 0 Å². The normalized spacial score (nSPS) is 18.8. The number of piperazine rings is 1. The van der Waals surface area contributed by atoms with Crippen LogP contribution in [0.25, 0.3) is 0 Å². The van der Waals surface area contributed by atoms with E-state index >= 15 is 0 Å². The third-order valence-electron chi connectivity index (χ3n) is 3.68. The Kier molecular flexibility index (Phi) is 4.06. The van der Waals surface area contributed by atoms with Crippen LogP contribution in [-0.4, -0.2) is 48.0 Å². The third kappa shape index (κ3) is 3.33. The fraction of sp³-hybridized carbons (Fsp3) is 0.467. The van der Waals surface area contributed by atoms with Crippen LogP contribution in [0.5, 0.6) is 5.75 Å². The van der Waals surface area contributed by atoms with Crippen molar-refractivity contribution in [2.75, 3.05) is 31.6 Å². The van der Waals surface area contributed by atoms with Crippen LogP contribution in [0.4, 0.5) is 5.95 Å². The average Bonchev–Trinajstić information content (AvgIpc) is 2.96. The molecule has 3 rings (SSSR count). The largest absolute Gasteiger partial charge is 0.497 e. The van der Waals surface area contributed by atoms with Gasteiger partial charge in [-0.05, 0) is 24.6 Å². The number of aromatic amines is 1. The monoisotopic (exact) mass is 287 g/mol. The molecule has 0 bridgehead atoms. The summed E-state index contributed by atoms with van der Waals surface area (Å²) in [5.41, 5.74) is 1.16. The molecule has 1 unspecified atom stereocenters. The van der Waals surface area contributed by atoms with Crippen molar-refractivity contribution in [2.24, 2.45) is 0 Å². The van der Waals surface area contributed by atoms with Crippen LogP contribution in [-0.2, 0) is 6.42 Å². The molecule has 1 aliphatic heterocycles. The van der Waals surface area contributed by atoms with Gasteiger partial charge in [0, 0.05) is 32.1 Å². The second kappa shape index (κ2) is 6.13. The summed E-state index contributed by atoms with van der Waals surface area (Å²) in [7, 11) is 1.68. The molecular formula is C15H21N5O. The van der Waals surface area contributed by atoms with E-state index in [1.165, 1.54) is 0 Å². The molecule has 0 amide bonds. The number of nitrogens with one attached hydrogen (secondary N) is 2. The number of rotatable bonds is 4. The molecule has 1 aliphatic rings. The van der Waals surface area contributed by atoms with Crippen LogP contribution in [0, 0.1) is 0 Å². The summed E-state index contributed by atoms with van der Waals surface area (Å²) >= 11 is 0. The standard InChI is InChI=1S/C15H21N5O/c1-11-10-20(7-6-16-11)15-17-14(18-19-15)9-12-4-3-5-13(8-12)21-2/h3-5,8,11,16H,6-7,9-10H2,1-2H3,(H,17,18,19). The van der Waals surface area contributed by atoms with E-state index in [9.17, 15) is 0 Å². The van der Waals surface area contributed by atoms with Crippen LogP contribution in [0.15, 0.2) is 24.3 Å². The third-order valence-corrected chi connectivity index (χ3v) is 3.68. The highest BCUT2D eigenvalue weighted by atomic mass is 16.5. The molecule has 1 fully saturated rings. The number of ether oxygens (including phenoxy) is 1. The Morgan fingerprint density at radius 3 is 3.14 bits per heavy atom. The second-order valence-corrected chi connectivity index (χ2v) is 5.41. The summed E-state index contributed by atoms with van der Waals surface area (Å²) < 4.78 is 5.24. The maximum absolute atomic E-state index is 5.24. The van der Waals surface area contributed by atoms with E-state index in [-0.39, 0.29) is 0 Å². The van der Waals surface area contributed by atoms with E-state index in [0.717, 1.165) is 49.1 Å². The van der Waals surface area contributed by atoms with Crippen molar-refractivity contribution in [3.63, 3.8) is 0 Å². The summed E-state index contributed by atoms with van der Waals surface area (Å²) in [5.74, 6) is 2.54. The number of nitrogens with zero attached hydrogens (tertiary/aromatic N) is 3. The molecule has 1 atom stereocenters. The van der Waals surface area contributed by atoms with E-state index in [4.69, 9.17) is 4.74 Å². The minimum absolute atomic E-state index is 0.471.